The quantitative estimate of drug-likeness (QED) is 0.831. The van der Waals surface area contributed by atoms with E-state index < -0.39 is 11.6 Å². The zero-order valence-corrected chi connectivity index (χ0v) is 11.0. The Hall–Kier alpha value is -0.960. The number of hydrogen-bond donors (Lipinski definition) is 1. The fourth-order valence-corrected chi connectivity index (χ4v) is 1.94. The lowest BCUT2D eigenvalue weighted by Crippen LogP contribution is -2.41. The third kappa shape index (κ3) is 3.25. The normalized spacial score (nSPS) is 13.8. The molecule has 1 nitrogen and oxygen atoms in total. The van der Waals surface area contributed by atoms with Gasteiger partial charge in [0.15, 0.2) is 11.6 Å². The average molecular weight is 241 g/mol. The van der Waals surface area contributed by atoms with Gasteiger partial charge in [-0.1, -0.05) is 32.9 Å². The van der Waals surface area contributed by atoms with Gasteiger partial charge in [-0.25, -0.2) is 8.78 Å². The van der Waals surface area contributed by atoms with Gasteiger partial charge >= 0.3 is 0 Å². The summed E-state index contributed by atoms with van der Waals surface area (Å²) in [5.41, 5.74) is 0.485. The zero-order chi connectivity index (χ0) is 13.1. The van der Waals surface area contributed by atoms with Crippen molar-refractivity contribution in [1.29, 1.82) is 0 Å². The first-order valence-corrected chi connectivity index (χ1v) is 6.02. The Morgan fingerprint density at radius 3 is 2.47 bits per heavy atom. The molecular weight excluding hydrogens is 220 g/mol. The van der Waals surface area contributed by atoms with Gasteiger partial charge in [-0.3, -0.25) is 0 Å². The molecule has 1 aromatic rings. The van der Waals surface area contributed by atoms with Crippen LogP contribution in [0.15, 0.2) is 18.2 Å². The summed E-state index contributed by atoms with van der Waals surface area (Å²) in [5.74, 6) is -1.49. The summed E-state index contributed by atoms with van der Waals surface area (Å²) in [6.07, 6.45) is 1.48. The highest BCUT2D eigenvalue weighted by molar-refractivity contribution is 5.20. The molecule has 0 aliphatic heterocycles. The fraction of sp³-hybridized carbons (Fsp3) is 0.571. The summed E-state index contributed by atoms with van der Waals surface area (Å²) < 4.78 is 26.7. The molecule has 0 aromatic heterocycles. The van der Waals surface area contributed by atoms with Gasteiger partial charge in [0.2, 0.25) is 0 Å². The van der Waals surface area contributed by atoms with Crippen LogP contribution in [0.4, 0.5) is 8.78 Å². The molecule has 1 aromatic carbocycles. The lowest BCUT2D eigenvalue weighted by atomic mass is 9.79. The maximum absolute atomic E-state index is 13.6. The van der Waals surface area contributed by atoms with Crippen molar-refractivity contribution in [2.45, 2.75) is 39.7 Å². The van der Waals surface area contributed by atoms with Gasteiger partial charge in [-0.2, -0.15) is 0 Å². The maximum atomic E-state index is 13.6. The van der Waals surface area contributed by atoms with Crippen LogP contribution in [0.2, 0.25) is 0 Å². The molecule has 0 spiro atoms. The first-order chi connectivity index (χ1) is 7.92. The molecule has 0 aliphatic carbocycles. The van der Waals surface area contributed by atoms with Gasteiger partial charge in [0.1, 0.15) is 0 Å². The first-order valence-electron chi connectivity index (χ1n) is 6.02. The molecule has 1 atom stereocenters. The van der Waals surface area contributed by atoms with Crippen molar-refractivity contribution in [2.75, 3.05) is 7.05 Å². The summed E-state index contributed by atoms with van der Waals surface area (Å²) in [7, 11) is 1.86. The monoisotopic (exact) mass is 241 g/mol. The molecule has 17 heavy (non-hydrogen) atoms. The van der Waals surface area contributed by atoms with E-state index in [9.17, 15) is 8.78 Å². The molecule has 0 bridgehead atoms. The number of likely N-dealkylation sites (N-methyl/N-ethyl adjacent to an activating group) is 1. The Morgan fingerprint density at radius 1 is 1.29 bits per heavy atom. The Morgan fingerprint density at radius 2 is 1.94 bits per heavy atom. The van der Waals surface area contributed by atoms with Gasteiger partial charge in [0, 0.05) is 6.04 Å². The van der Waals surface area contributed by atoms with E-state index in [1.807, 2.05) is 7.05 Å². The van der Waals surface area contributed by atoms with E-state index in [1.165, 1.54) is 0 Å². The fourth-order valence-electron chi connectivity index (χ4n) is 1.94. The van der Waals surface area contributed by atoms with Crippen molar-refractivity contribution in [1.82, 2.24) is 5.32 Å². The van der Waals surface area contributed by atoms with Gasteiger partial charge < -0.3 is 5.32 Å². The third-order valence-electron chi connectivity index (χ3n) is 3.66. The SMILES string of the molecule is CCC(C)(C)C(Cc1cccc(F)c1F)NC. The van der Waals surface area contributed by atoms with Crippen molar-refractivity contribution in [3.8, 4) is 0 Å². The van der Waals surface area contributed by atoms with Gasteiger partial charge in [0.25, 0.3) is 0 Å². The van der Waals surface area contributed by atoms with Crippen molar-refractivity contribution in [3.05, 3.63) is 35.4 Å². The van der Waals surface area contributed by atoms with Gasteiger partial charge in [-0.05, 0) is 36.9 Å². The standard InChI is InChI=1S/C14H21F2N/c1-5-14(2,3)12(17-4)9-10-7-6-8-11(15)13(10)16/h6-8,12,17H,5,9H2,1-4H3. The van der Waals surface area contributed by atoms with Crippen LogP contribution in [-0.2, 0) is 6.42 Å². The van der Waals surface area contributed by atoms with E-state index in [0.717, 1.165) is 12.5 Å². The van der Waals surface area contributed by atoms with Crippen LogP contribution in [-0.4, -0.2) is 13.1 Å². The predicted octanol–water partition coefficient (Wildman–Crippen LogP) is 3.53. The molecular formula is C14H21F2N. The van der Waals surface area contributed by atoms with Crippen LogP contribution in [0.1, 0.15) is 32.8 Å². The van der Waals surface area contributed by atoms with E-state index in [1.54, 1.807) is 12.1 Å². The third-order valence-corrected chi connectivity index (χ3v) is 3.66. The average Bonchev–Trinajstić information content (AvgIpc) is 2.30. The smallest absolute Gasteiger partial charge is 0.162 e. The molecule has 96 valence electrons. The van der Waals surface area contributed by atoms with Crippen LogP contribution in [0, 0.1) is 17.0 Å². The number of nitrogens with one attached hydrogen (secondary N) is 1. The summed E-state index contributed by atoms with van der Waals surface area (Å²) in [6.45, 7) is 6.36. The molecule has 0 saturated heterocycles. The molecule has 3 heteroatoms. The molecule has 1 unspecified atom stereocenters. The topological polar surface area (TPSA) is 12.0 Å². The minimum Gasteiger partial charge on any atom is -0.316 e. The van der Waals surface area contributed by atoms with E-state index in [-0.39, 0.29) is 11.5 Å². The van der Waals surface area contributed by atoms with Gasteiger partial charge in [0.05, 0.1) is 0 Å². The Bertz CT molecular complexity index is 374. The molecule has 1 rings (SSSR count). The van der Waals surface area contributed by atoms with Crippen molar-refractivity contribution >= 4 is 0 Å². The molecule has 1 N–H and O–H groups in total. The first kappa shape index (κ1) is 14.1. The van der Waals surface area contributed by atoms with Gasteiger partial charge in [-0.15, -0.1) is 0 Å². The Kier molecular flexibility index (Phi) is 4.63. The van der Waals surface area contributed by atoms with E-state index in [4.69, 9.17) is 0 Å². The summed E-state index contributed by atoms with van der Waals surface area (Å²) in [6, 6.07) is 4.48. The minimum atomic E-state index is -0.772. The second-order valence-corrected chi connectivity index (χ2v) is 5.10. The number of halogens is 2. The second-order valence-electron chi connectivity index (χ2n) is 5.10. The molecule has 0 radical (unpaired) electrons. The highest BCUT2D eigenvalue weighted by atomic mass is 19.2. The van der Waals surface area contributed by atoms with Crippen LogP contribution in [0.25, 0.3) is 0 Å². The van der Waals surface area contributed by atoms with Crippen LogP contribution in [0.5, 0.6) is 0 Å². The predicted molar refractivity (Wildman–Crippen MR) is 67.0 cm³/mol. The molecule has 0 aliphatic rings. The highest BCUT2D eigenvalue weighted by Crippen LogP contribution is 2.28. The number of hydrogen-bond acceptors (Lipinski definition) is 1. The summed E-state index contributed by atoms with van der Waals surface area (Å²) >= 11 is 0. The molecule has 0 amide bonds. The van der Waals surface area contributed by atoms with Crippen molar-refractivity contribution < 1.29 is 8.78 Å². The maximum Gasteiger partial charge on any atom is 0.162 e. The molecule has 0 saturated carbocycles. The largest absolute Gasteiger partial charge is 0.316 e. The minimum absolute atomic E-state index is 0.0491. The van der Waals surface area contributed by atoms with Crippen molar-refractivity contribution in [2.24, 2.45) is 5.41 Å². The zero-order valence-electron chi connectivity index (χ0n) is 11.0. The highest BCUT2D eigenvalue weighted by Gasteiger charge is 2.27. The van der Waals surface area contributed by atoms with E-state index in [2.05, 4.69) is 26.1 Å². The van der Waals surface area contributed by atoms with E-state index >= 15 is 0 Å². The van der Waals surface area contributed by atoms with E-state index in [0.29, 0.717) is 12.0 Å². The number of rotatable bonds is 5. The molecule has 0 fully saturated rings. The second kappa shape index (κ2) is 5.58. The summed E-state index contributed by atoms with van der Waals surface area (Å²) in [4.78, 5) is 0. The lowest BCUT2D eigenvalue weighted by Gasteiger charge is -2.33. The Labute approximate surface area is 102 Å². The lowest BCUT2D eigenvalue weighted by molar-refractivity contribution is 0.238. The molecule has 0 heterocycles. The Balaban J connectivity index is 2.92. The van der Waals surface area contributed by atoms with Crippen LogP contribution in [0.3, 0.4) is 0 Å². The van der Waals surface area contributed by atoms with Crippen molar-refractivity contribution in [3.63, 3.8) is 0 Å². The number of benzene rings is 1. The van der Waals surface area contributed by atoms with Crippen LogP contribution < -0.4 is 5.32 Å². The van der Waals surface area contributed by atoms with Crippen LogP contribution >= 0.6 is 0 Å². The summed E-state index contributed by atoms with van der Waals surface area (Å²) in [5, 5.41) is 3.20.